The van der Waals surface area contributed by atoms with Crippen LogP contribution >= 0.6 is 7.60 Å². The molecule has 0 unspecified atom stereocenters. The average Bonchev–Trinajstić information content (AvgIpc) is 2.18. The average molecular weight is 435 g/mol. The predicted molar refractivity (Wildman–Crippen MR) is 109 cm³/mol. The van der Waals surface area contributed by atoms with Crippen molar-refractivity contribution in [2.45, 2.75) is 75.5 Å². The standard InChI is InChI=1S/C13H35O6PSSi3/c1-22(2,3)10-13(20(14,15)16,11-23(4,5)6)21(17,18)19-12-24(7,8)9/h10-12H2,1-9H3,(H2,14,15,16). The fourth-order valence-corrected chi connectivity index (χ4v) is 18.5. The minimum absolute atomic E-state index is 0.00256. The normalized spacial score (nSPS) is 15.6. The zero-order chi connectivity index (χ0) is 19.8. The molecular formula is C13H35O6PSSi3. The van der Waals surface area contributed by atoms with Gasteiger partial charge in [-0.05, 0) is 12.1 Å². The summed E-state index contributed by atoms with van der Waals surface area (Å²) in [5, 5.41) is 0. The van der Waals surface area contributed by atoms with Crippen molar-refractivity contribution in [1.82, 2.24) is 0 Å². The van der Waals surface area contributed by atoms with E-state index in [0.29, 0.717) is 0 Å². The van der Waals surface area contributed by atoms with Gasteiger partial charge in [-0.3, -0.25) is 8.75 Å². The molecule has 0 saturated heterocycles. The maximum absolute atomic E-state index is 13.1. The molecule has 0 aromatic rings. The van der Waals surface area contributed by atoms with E-state index in [9.17, 15) is 22.8 Å². The Balaban J connectivity index is 6.32. The lowest BCUT2D eigenvalue weighted by Gasteiger charge is -2.40. The van der Waals surface area contributed by atoms with Crippen LogP contribution in [0.4, 0.5) is 0 Å². The molecule has 0 aliphatic rings. The Labute approximate surface area is 150 Å². The summed E-state index contributed by atoms with van der Waals surface area (Å²) in [7, 11) is -15.4. The van der Waals surface area contributed by atoms with Crippen LogP contribution in [-0.2, 0) is 18.9 Å². The number of hydrogen-bond donors (Lipinski definition) is 2. The largest absolute Gasteiger partial charge is 0.348 e. The molecule has 0 amide bonds. The Morgan fingerprint density at radius 2 is 1.17 bits per heavy atom. The summed E-state index contributed by atoms with van der Waals surface area (Å²) in [6.07, 6.45) is 0.0362. The van der Waals surface area contributed by atoms with Crippen LogP contribution in [0.5, 0.6) is 0 Å². The molecule has 0 saturated carbocycles. The molecule has 0 heterocycles. The zero-order valence-electron chi connectivity index (χ0n) is 16.5. The highest BCUT2D eigenvalue weighted by molar-refractivity contribution is 7.96. The smallest absolute Gasteiger partial charge is 0.323 e. The van der Waals surface area contributed by atoms with E-state index < -0.39 is 46.4 Å². The predicted octanol–water partition coefficient (Wildman–Crippen LogP) is 3.76. The first-order valence-electron chi connectivity index (χ1n) is 8.07. The Morgan fingerprint density at radius 1 is 0.833 bits per heavy atom. The molecule has 6 nitrogen and oxygen atoms in total. The summed E-state index contributed by atoms with van der Waals surface area (Å²) in [6.45, 7) is 17.4. The zero-order valence-corrected chi connectivity index (χ0v) is 21.2. The summed E-state index contributed by atoms with van der Waals surface area (Å²) in [6, 6.07) is 0.00512. The molecular weight excluding hydrogens is 399 g/mol. The highest BCUT2D eigenvalue weighted by atomic mass is 32.2. The van der Waals surface area contributed by atoms with Crippen molar-refractivity contribution >= 4 is 41.9 Å². The number of hydrogen-bond acceptors (Lipinski definition) is 4. The van der Waals surface area contributed by atoms with Crippen LogP contribution in [0.2, 0.25) is 71.0 Å². The Morgan fingerprint density at radius 3 is 1.38 bits per heavy atom. The highest BCUT2D eigenvalue weighted by Gasteiger charge is 2.61. The molecule has 0 aliphatic carbocycles. The topological polar surface area (TPSA) is 101 Å². The van der Waals surface area contributed by atoms with Crippen LogP contribution in [0, 0.1) is 0 Å². The Kier molecular flexibility index (Phi) is 7.60. The second-order valence-corrected chi connectivity index (χ2v) is 30.8. The fraction of sp³-hybridized carbons (Fsp3) is 1.00. The third-order valence-electron chi connectivity index (χ3n) is 3.26. The third kappa shape index (κ3) is 7.53. The molecule has 0 aromatic heterocycles. The van der Waals surface area contributed by atoms with E-state index in [1.165, 1.54) is 0 Å². The van der Waals surface area contributed by atoms with Crippen LogP contribution in [0.1, 0.15) is 0 Å². The SMILES string of the molecule is C[Si](C)(C)COS(=O)(=O)C(C[Si](C)(C)C)(C[Si](C)(C)C)P(=O)(O)O. The van der Waals surface area contributed by atoms with Gasteiger partial charge in [-0.2, -0.15) is 8.42 Å². The van der Waals surface area contributed by atoms with E-state index >= 15 is 0 Å². The molecule has 0 aromatic carbocycles. The van der Waals surface area contributed by atoms with Gasteiger partial charge in [0.1, 0.15) is 0 Å². The van der Waals surface area contributed by atoms with Crippen molar-refractivity contribution in [3.63, 3.8) is 0 Å². The quantitative estimate of drug-likeness (QED) is 0.325. The molecule has 2 N–H and O–H groups in total. The first kappa shape index (κ1) is 24.7. The van der Waals surface area contributed by atoms with Crippen molar-refractivity contribution in [1.29, 1.82) is 0 Å². The molecule has 0 rings (SSSR count). The Hall–Kier alpha value is 0.711. The summed E-state index contributed by atoms with van der Waals surface area (Å²) < 4.78 is 41.7. The van der Waals surface area contributed by atoms with Gasteiger partial charge in [0.05, 0.1) is 14.3 Å². The molecule has 11 heteroatoms. The third-order valence-corrected chi connectivity index (χ3v) is 13.3. The van der Waals surface area contributed by atoms with Gasteiger partial charge in [0.25, 0.3) is 10.1 Å². The van der Waals surface area contributed by atoms with Gasteiger partial charge in [0.15, 0.2) is 4.49 Å². The highest BCUT2D eigenvalue weighted by Crippen LogP contribution is 2.61. The van der Waals surface area contributed by atoms with Crippen molar-refractivity contribution in [2.24, 2.45) is 0 Å². The van der Waals surface area contributed by atoms with E-state index in [-0.39, 0.29) is 18.3 Å². The molecule has 146 valence electrons. The van der Waals surface area contributed by atoms with Gasteiger partial charge in [-0.15, -0.1) is 0 Å². The first-order chi connectivity index (χ1) is 10.1. The van der Waals surface area contributed by atoms with E-state index in [1.807, 2.05) is 58.9 Å². The molecule has 0 atom stereocenters. The lowest BCUT2D eigenvalue weighted by Crippen LogP contribution is -2.50. The maximum Gasteiger partial charge on any atom is 0.348 e. The van der Waals surface area contributed by atoms with Gasteiger partial charge in [0.2, 0.25) is 0 Å². The van der Waals surface area contributed by atoms with Crippen molar-refractivity contribution in [2.75, 3.05) is 6.23 Å². The molecule has 0 bridgehead atoms. The van der Waals surface area contributed by atoms with Crippen LogP contribution in [0.3, 0.4) is 0 Å². The first-order valence-corrected chi connectivity index (χ1v) is 22.2. The van der Waals surface area contributed by atoms with Gasteiger partial charge in [0, 0.05) is 16.1 Å². The molecule has 0 spiro atoms. The van der Waals surface area contributed by atoms with Gasteiger partial charge in [-0.25, -0.2) is 0 Å². The monoisotopic (exact) mass is 434 g/mol. The van der Waals surface area contributed by atoms with Crippen LogP contribution in [-0.4, -0.2) is 53.1 Å². The molecule has 24 heavy (non-hydrogen) atoms. The van der Waals surface area contributed by atoms with E-state index in [0.717, 1.165) is 0 Å². The lowest BCUT2D eigenvalue weighted by molar-refractivity contribution is 0.327. The van der Waals surface area contributed by atoms with Crippen LogP contribution in [0.15, 0.2) is 0 Å². The van der Waals surface area contributed by atoms with E-state index in [2.05, 4.69) is 0 Å². The molecule has 0 aliphatic heterocycles. The number of rotatable bonds is 9. The van der Waals surface area contributed by atoms with Crippen molar-refractivity contribution in [3.05, 3.63) is 0 Å². The van der Waals surface area contributed by atoms with Gasteiger partial charge in [-0.1, -0.05) is 58.9 Å². The van der Waals surface area contributed by atoms with Crippen LogP contribution < -0.4 is 0 Å². The minimum atomic E-state index is -4.93. The van der Waals surface area contributed by atoms with Gasteiger partial charge >= 0.3 is 7.60 Å². The Bertz CT molecular complexity index is 564. The summed E-state index contributed by atoms with van der Waals surface area (Å²) in [5.74, 6) is 0. The second-order valence-electron chi connectivity index (χ2n) is 10.2. The maximum atomic E-state index is 13.1. The summed E-state index contributed by atoms with van der Waals surface area (Å²) in [5.41, 5.74) is 0. The lowest BCUT2D eigenvalue weighted by atomic mass is 10.5. The summed E-state index contributed by atoms with van der Waals surface area (Å²) in [4.78, 5) is 20.3. The van der Waals surface area contributed by atoms with Crippen LogP contribution in [0.25, 0.3) is 0 Å². The van der Waals surface area contributed by atoms with Gasteiger partial charge < -0.3 is 9.79 Å². The summed E-state index contributed by atoms with van der Waals surface area (Å²) >= 11 is 0. The van der Waals surface area contributed by atoms with E-state index in [1.54, 1.807) is 0 Å². The minimum Gasteiger partial charge on any atom is -0.323 e. The molecule has 0 radical (unpaired) electrons. The van der Waals surface area contributed by atoms with E-state index in [4.69, 9.17) is 4.18 Å². The molecule has 0 fully saturated rings. The van der Waals surface area contributed by atoms with Crippen molar-refractivity contribution < 1.29 is 27.0 Å². The second kappa shape index (κ2) is 7.38. The fourth-order valence-electron chi connectivity index (χ4n) is 2.61. The van der Waals surface area contributed by atoms with Crippen molar-refractivity contribution in [3.8, 4) is 0 Å².